The highest BCUT2D eigenvalue weighted by molar-refractivity contribution is 6.02. The lowest BCUT2D eigenvalue weighted by molar-refractivity contribution is -0.130. The lowest BCUT2D eigenvalue weighted by Gasteiger charge is -2.30. The molecular formula is C29H34N2O4. The van der Waals surface area contributed by atoms with Gasteiger partial charge in [0.2, 0.25) is 11.8 Å². The Balaban J connectivity index is 1.74. The van der Waals surface area contributed by atoms with E-state index in [9.17, 15) is 9.59 Å². The lowest BCUT2D eigenvalue weighted by Crippen LogP contribution is -2.41. The standard InChI is InChI=1S/C29H34N2O4/c1-6-34-27-20(5)28-24(25(16-35-28)22-8-7-17(2)13-18(22)3)15-23(27)19(4)14-26(32)31-11-9-21(10-12-31)29(30)33/h7-8,13-16,21H,6,9-12H2,1-5H3,(H2,30,33)/b19-14+. The van der Waals surface area contributed by atoms with Crippen molar-refractivity contribution in [1.29, 1.82) is 0 Å². The largest absolute Gasteiger partial charge is 0.493 e. The highest BCUT2D eigenvalue weighted by atomic mass is 16.5. The van der Waals surface area contributed by atoms with Gasteiger partial charge in [-0.15, -0.1) is 0 Å². The van der Waals surface area contributed by atoms with E-state index in [1.807, 2.05) is 27.0 Å². The molecule has 184 valence electrons. The monoisotopic (exact) mass is 474 g/mol. The van der Waals surface area contributed by atoms with E-state index in [0.717, 1.165) is 44.5 Å². The summed E-state index contributed by atoms with van der Waals surface area (Å²) in [7, 11) is 0. The number of piperidine rings is 1. The first-order valence-corrected chi connectivity index (χ1v) is 12.2. The van der Waals surface area contributed by atoms with Crippen LogP contribution in [0.3, 0.4) is 0 Å². The number of ether oxygens (including phenoxy) is 1. The molecule has 2 heterocycles. The third-order valence-corrected chi connectivity index (χ3v) is 6.98. The van der Waals surface area contributed by atoms with Crippen molar-refractivity contribution < 1.29 is 18.7 Å². The highest BCUT2D eigenvalue weighted by Crippen LogP contribution is 2.41. The SMILES string of the molecule is CCOc1c(/C(C)=C/C(=O)N2CCC(C(N)=O)CC2)cc2c(-c3ccc(C)cc3C)coc2c1C. The van der Waals surface area contributed by atoms with E-state index in [4.69, 9.17) is 14.9 Å². The molecule has 4 rings (SSSR count). The van der Waals surface area contributed by atoms with Gasteiger partial charge in [0.15, 0.2) is 0 Å². The molecule has 2 amide bonds. The number of carbonyl (C=O) groups excluding carboxylic acids is 2. The van der Waals surface area contributed by atoms with Gasteiger partial charge < -0.3 is 19.8 Å². The van der Waals surface area contributed by atoms with Gasteiger partial charge in [-0.05, 0) is 70.2 Å². The summed E-state index contributed by atoms with van der Waals surface area (Å²) in [6.07, 6.45) is 4.70. The van der Waals surface area contributed by atoms with Crippen LogP contribution in [0.4, 0.5) is 0 Å². The Labute approximate surface area is 206 Å². The van der Waals surface area contributed by atoms with Gasteiger partial charge in [-0.2, -0.15) is 0 Å². The maximum absolute atomic E-state index is 13.1. The number of allylic oxidation sites excluding steroid dienone is 1. The van der Waals surface area contributed by atoms with Gasteiger partial charge in [-0.3, -0.25) is 9.59 Å². The van der Waals surface area contributed by atoms with Gasteiger partial charge >= 0.3 is 0 Å². The lowest BCUT2D eigenvalue weighted by atomic mass is 9.94. The van der Waals surface area contributed by atoms with Crippen LogP contribution in [0.1, 0.15) is 48.9 Å². The number of likely N-dealkylation sites (tertiary alicyclic amines) is 1. The molecule has 2 aromatic carbocycles. The summed E-state index contributed by atoms with van der Waals surface area (Å²) in [6, 6.07) is 8.47. The number of benzene rings is 2. The molecule has 0 atom stereocenters. The zero-order valence-corrected chi connectivity index (χ0v) is 21.2. The normalized spacial score (nSPS) is 15.0. The number of nitrogens with two attached hydrogens (primary N) is 1. The topological polar surface area (TPSA) is 85.8 Å². The van der Waals surface area contributed by atoms with Crippen LogP contribution in [0, 0.1) is 26.7 Å². The molecule has 1 aliphatic heterocycles. The predicted molar refractivity (Wildman–Crippen MR) is 139 cm³/mol. The first kappa shape index (κ1) is 24.6. The molecule has 6 heteroatoms. The van der Waals surface area contributed by atoms with E-state index in [2.05, 4.69) is 38.1 Å². The summed E-state index contributed by atoms with van der Waals surface area (Å²) in [5.41, 5.74) is 13.4. The molecule has 6 nitrogen and oxygen atoms in total. The van der Waals surface area contributed by atoms with E-state index in [1.165, 1.54) is 11.1 Å². The molecule has 0 unspecified atom stereocenters. The van der Waals surface area contributed by atoms with Crippen molar-refractivity contribution >= 4 is 28.4 Å². The average Bonchev–Trinajstić information content (AvgIpc) is 3.24. The van der Waals surface area contributed by atoms with Crippen LogP contribution in [0.25, 0.3) is 27.7 Å². The van der Waals surface area contributed by atoms with Crippen LogP contribution in [0.15, 0.2) is 41.0 Å². The Morgan fingerprint density at radius 1 is 1.14 bits per heavy atom. The Morgan fingerprint density at radius 2 is 1.86 bits per heavy atom. The van der Waals surface area contributed by atoms with E-state index < -0.39 is 0 Å². The molecule has 0 bridgehead atoms. The molecule has 3 aromatic rings. The van der Waals surface area contributed by atoms with Gasteiger partial charge in [0.1, 0.15) is 11.3 Å². The van der Waals surface area contributed by atoms with Crippen LogP contribution in [0.5, 0.6) is 5.75 Å². The molecule has 1 saturated heterocycles. The minimum atomic E-state index is -0.284. The van der Waals surface area contributed by atoms with Crippen LogP contribution in [0.2, 0.25) is 0 Å². The van der Waals surface area contributed by atoms with E-state index in [-0.39, 0.29) is 17.7 Å². The maximum Gasteiger partial charge on any atom is 0.246 e. The van der Waals surface area contributed by atoms with Gasteiger partial charge in [0.25, 0.3) is 0 Å². The second-order valence-corrected chi connectivity index (χ2v) is 9.48. The molecule has 0 aliphatic carbocycles. The number of amides is 2. The molecule has 1 aliphatic rings. The summed E-state index contributed by atoms with van der Waals surface area (Å²) in [5, 5.41) is 0.996. The van der Waals surface area contributed by atoms with Crippen molar-refractivity contribution in [3.8, 4) is 16.9 Å². The quantitative estimate of drug-likeness (QED) is 0.475. The smallest absolute Gasteiger partial charge is 0.246 e. The Kier molecular flexibility index (Phi) is 7.01. The number of hydrogen-bond acceptors (Lipinski definition) is 4. The maximum atomic E-state index is 13.1. The van der Waals surface area contributed by atoms with Crippen molar-refractivity contribution in [1.82, 2.24) is 4.90 Å². The molecule has 1 aromatic heterocycles. The van der Waals surface area contributed by atoms with E-state index in [0.29, 0.717) is 32.5 Å². The van der Waals surface area contributed by atoms with Crippen LogP contribution < -0.4 is 10.5 Å². The number of fused-ring (bicyclic) bond motifs is 1. The molecular weight excluding hydrogens is 440 g/mol. The van der Waals surface area contributed by atoms with Crippen molar-refractivity contribution in [3.05, 3.63) is 58.9 Å². The van der Waals surface area contributed by atoms with Crippen LogP contribution in [-0.4, -0.2) is 36.4 Å². The van der Waals surface area contributed by atoms with E-state index >= 15 is 0 Å². The fraction of sp³-hybridized carbons (Fsp3) is 0.379. The summed E-state index contributed by atoms with van der Waals surface area (Å²) < 4.78 is 12.1. The summed E-state index contributed by atoms with van der Waals surface area (Å²) in [5.74, 6) is 0.236. The molecule has 2 N–H and O–H groups in total. The van der Waals surface area contributed by atoms with Gasteiger partial charge in [-0.25, -0.2) is 0 Å². The second kappa shape index (κ2) is 9.98. The van der Waals surface area contributed by atoms with Gasteiger partial charge in [0, 0.05) is 47.2 Å². The number of nitrogens with zero attached hydrogens (tertiary/aromatic N) is 1. The zero-order valence-electron chi connectivity index (χ0n) is 21.2. The summed E-state index contributed by atoms with van der Waals surface area (Å²) in [4.78, 5) is 26.3. The van der Waals surface area contributed by atoms with Crippen LogP contribution in [-0.2, 0) is 9.59 Å². The first-order chi connectivity index (χ1) is 16.7. The minimum Gasteiger partial charge on any atom is -0.493 e. The highest BCUT2D eigenvalue weighted by Gasteiger charge is 2.26. The zero-order chi connectivity index (χ0) is 25.3. The number of carbonyl (C=O) groups is 2. The molecule has 1 fully saturated rings. The van der Waals surface area contributed by atoms with Crippen molar-refractivity contribution in [2.24, 2.45) is 11.7 Å². The minimum absolute atomic E-state index is 0.0626. The fourth-order valence-electron chi connectivity index (χ4n) is 5.00. The Morgan fingerprint density at radius 3 is 2.49 bits per heavy atom. The number of rotatable bonds is 6. The summed E-state index contributed by atoms with van der Waals surface area (Å²) in [6.45, 7) is 11.6. The van der Waals surface area contributed by atoms with Crippen LogP contribution >= 0.6 is 0 Å². The molecule has 0 saturated carbocycles. The number of primary amides is 1. The van der Waals surface area contributed by atoms with Crippen molar-refractivity contribution in [2.45, 2.75) is 47.5 Å². The van der Waals surface area contributed by atoms with Crippen molar-refractivity contribution in [2.75, 3.05) is 19.7 Å². The molecule has 0 radical (unpaired) electrons. The third kappa shape index (κ3) is 4.83. The van der Waals surface area contributed by atoms with Gasteiger partial charge in [-0.1, -0.05) is 23.8 Å². The van der Waals surface area contributed by atoms with Crippen molar-refractivity contribution in [3.63, 3.8) is 0 Å². The fourth-order valence-corrected chi connectivity index (χ4v) is 5.00. The third-order valence-electron chi connectivity index (χ3n) is 6.98. The molecule has 35 heavy (non-hydrogen) atoms. The summed E-state index contributed by atoms with van der Waals surface area (Å²) >= 11 is 0. The first-order valence-electron chi connectivity index (χ1n) is 12.2. The predicted octanol–water partition coefficient (Wildman–Crippen LogP) is 5.55. The Hall–Kier alpha value is -3.54. The number of aryl methyl sites for hydroxylation is 3. The Bertz CT molecular complexity index is 1310. The second-order valence-electron chi connectivity index (χ2n) is 9.48. The van der Waals surface area contributed by atoms with Gasteiger partial charge in [0.05, 0.1) is 12.9 Å². The average molecular weight is 475 g/mol. The molecule has 0 spiro atoms. The number of hydrogen-bond donors (Lipinski definition) is 1. The number of furan rings is 1. The van der Waals surface area contributed by atoms with E-state index in [1.54, 1.807) is 11.0 Å².